The van der Waals surface area contributed by atoms with E-state index in [4.69, 9.17) is 4.74 Å². The summed E-state index contributed by atoms with van der Waals surface area (Å²) in [6, 6.07) is 26.1. The second-order valence-corrected chi connectivity index (χ2v) is 8.30. The molecule has 1 aliphatic rings. The molecule has 2 nitrogen and oxygen atoms in total. The van der Waals surface area contributed by atoms with Crippen molar-refractivity contribution in [3.8, 4) is 5.75 Å². The number of anilines is 3. The monoisotopic (exact) mass is 383 g/mol. The fourth-order valence-electron chi connectivity index (χ4n) is 3.90. The highest BCUT2D eigenvalue weighted by atomic mass is 32.2. The van der Waals surface area contributed by atoms with Gasteiger partial charge in [-0.2, -0.15) is 0 Å². The molecule has 3 heteroatoms. The maximum atomic E-state index is 5.84. The molecule has 0 spiro atoms. The van der Waals surface area contributed by atoms with Crippen LogP contribution in [0, 0.1) is 13.8 Å². The van der Waals surface area contributed by atoms with Crippen LogP contribution in [0.4, 0.5) is 17.1 Å². The van der Waals surface area contributed by atoms with Crippen LogP contribution in [0.5, 0.6) is 5.75 Å². The van der Waals surface area contributed by atoms with E-state index in [0.29, 0.717) is 0 Å². The SMILES string of the molecule is COc1ccc2ccccc2c1N1c2ccc(C)cc2Sc2cc(C)ccc21. The van der Waals surface area contributed by atoms with Crippen molar-refractivity contribution in [3.63, 3.8) is 0 Å². The van der Waals surface area contributed by atoms with Gasteiger partial charge in [0.05, 0.1) is 24.2 Å². The third kappa shape index (κ3) is 2.66. The topological polar surface area (TPSA) is 12.5 Å². The number of aryl methyl sites for hydroxylation is 2. The zero-order valence-electron chi connectivity index (χ0n) is 16.2. The normalized spacial score (nSPS) is 12.6. The third-order valence-electron chi connectivity index (χ3n) is 5.24. The van der Waals surface area contributed by atoms with Crippen molar-refractivity contribution in [1.29, 1.82) is 0 Å². The zero-order chi connectivity index (χ0) is 19.3. The first kappa shape index (κ1) is 17.2. The fraction of sp³-hybridized carbons (Fsp3) is 0.120. The molecule has 138 valence electrons. The van der Waals surface area contributed by atoms with E-state index in [1.165, 1.54) is 43.1 Å². The molecule has 1 aliphatic heterocycles. The lowest BCUT2D eigenvalue weighted by molar-refractivity contribution is 0.416. The van der Waals surface area contributed by atoms with Gasteiger partial charge in [-0.25, -0.2) is 0 Å². The zero-order valence-corrected chi connectivity index (χ0v) is 17.0. The van der Waals surface area contributed by atoms with Crippen LogP contribution in [0.25, 0.3) is 10.8 Å². The molecule has 4 aromatic rings. The highest BCUT2D eigenvalue weighted by Crippen LogP contribution is 2.54. The molecule has 0 radical (unpaired) electrons. The van der Waals surface area contributed by atoms with Crippen molar-refractivity contribution >= 4 is 39.6 Å². The van der Waals surface area contributed by atoms with Crippen LogP contribution >= 0.6 is 11.8 Å². The van der Waals surface area contributed by atoms with Gasteiger partial charge in [0.2, 0.25) is 0 Å². The number of hydrogen-bond donors (Lipinski definition) is 0. The summed E-state index contributed by atoms with van der Waals surface area (Å²) >= 11 is 1.85. The van der Waals surface area contributed by atoms with E-state index in [2.05, 4.69) is 91.5 Å². The highest BCUT2D eigenvalue weighted by Gasteiger charge is 2.28. The van der Waals surface area contributed by atoms with Crippen molar-refractivity contribution in [1.82, 2.24) is 0 Å². The maximum absolute atomic E-state index is 5.84. The van der Waals surface area contributed by atoms with Crippen LogP contribution < -0.4 is 9.64 Å². The van der Waals surface area contributed by atoms with E-state index in [1.54, 1.807) is 7.11 Å². The van der Waals surface area contributed by atoms with Crippen molar-refractivity contribution in [2.45, 2.75) is 23.6 Å². The second-order valence-electron chi connectivity index (χ2n) is 7.22. The van der Waals surface area contributed by atoms with Gasteiger partial charge in [-0.05, 0) is 60.7 Å². The van der Waals surface area contributed by atoms with Gasteiger partial charge < -0.3 is 9.64 Å². The molecule has 1 heterocycles. The van der Waals surface area contributed by atoms with E-state index in [1.807, 2.05) is 11.8 Å². The summed E-state index contributed by atoms with van der Waals surface area (Å²) in [5, 5.41) is 2.39. The summed E-state index contributed by atoms with van der Waals surface area (Å²) in [6.07, 6.45) is 0. The molecular formula is C25H21NOS. The first-order valence-corrected chi connectivity index (χ1v) is 10.2. The standard InChI is InChI=1S/C25H21NOS/c1-16-8-11-20-23(14-16)28-24-15-17(2)9-12-21(24)26(20)25-19-7-5-4-6-18(19)10-13-22(25)27-3/h4-15H,1-3H3. The molecule has 0 saturated heterocycles. The lowest BCUT2D eigenvalue weighted by Gasteiger charge is -2.34. The van der Waals surface area contributed by atoms with Crippen molar-refractivity contribution < 1.29 is 4.74 Å². The predicted molar refractivity (Wildman–Crippen MR) is 119 cm³/mol. The van der Waals surface area contributed by atoms with Crippen molar-refractivity contribution in [3.05, 3.63) is 83.9 Å². The summed E-state index contributed by atoms with van der Waals surface area (Å²) < 4.78 is 5.84. The van der Waals surface area contributed by atoms with Gasteiger partial charge >= 0.3 is 0 Å². The molecule has 0 fully saturated rings. The molecule has 28 heavy (non-hydrogen) atoms. The van der Waals surface area contributed by atoms with Crippen LogP contribution in [0.1, 0.15) is 11.1 Å². The van der Waals surface area contributed by atoms with Gasteiger partial charge in [0.15, 0.2) is 0 Å². The molecule has 0 saturated carbocycles. The Morgan fingerprint density at radius 1 is 0.750 bits per heavy atom. The van der Waals surface area contributed by atoms with Gasteiger partial charge in [-0.1, -0.05) is 54.2 Å². The largest absolute Gasteiger partial charge is 0.495 e. The number of ether oxygens (including phenoxy) is 1. The maximum Gasteiger partial charge on any atom is 0.143 e. The van der Waals surface area contributed by atoms with E-state index in [-0.39, 0.29) is 0 Å². The van der Waals surface area contributed by atoms with Crippen LogP contribution in [0.2, 0.25) is 0 Å². The van der Waals surface area contributed by atoms with Gasteiger partial charge in [-0.15, -0.1) is 0 Å². The lowest BCUT2D eigenvalue weighted by atomic mass is 10.0. The fourth-order valence-corrected chi connectivity index (χ4v) is 5.15. The first-order chi connectivity index (χ1) is 13.7. The van der Waals surface area contributed by atoms with Crippen LogP contribution in [0.3, 0.4) is 0 Å². The summed E-state index contributed by atoms with van der Waals surface area (Å²) in [5.74, 6) is 0.878. The Kier molecular flexibility index (Phi) is 4.06. The molecule has 0 unspecified atom stereocenters. The van der Waals surface area contributed by atoms with Gasteiger partial charge in [0.25, 0.3) is 0 Å². The smallest absolute Gasteiger partial charge is 0.143 e. The lowest BCUT2D eigenvalue weighted by Crippen LogP contribution is -2.16. The Balaban J connectivity index is 1.88. The van der Waals surface area contributed by atoms with Gasteiger partial charge in [0.1, 0.15) is 5.75 Å². The first-order valence-electron chi connectivity index (χ1n) is 9.41. The van der Waals surface area contributed by atoms with E-state index < -0.39 is 0 Å². The number of benzene rings is 4. The Hall–Kier alpha value is -2.91. The number of rotatable bonds is 2. The molecule has 0 atom stereocenters. The molecule has 0 amide bonds. The minimum absolute atomic E-state index is 0.878. The minimum Gasteiger partial charge on any atom is -0.495 e. The Bertz CT molecular complexity index is 1160. The Labute approximate surface area is 169 Å². The van der Waals surface area contributed by atoms with Crippen molar-refractivity contribution in [2.75, 3.05) is 12.0 Å². The quantitative estimate of drug-likeness (QED) is 0.315. The van der Waals surface area contributed by atoms with E-state index >= 15 is 0 Å². The van der Waals surface area contributed by atoms with Crippen LogP contribution in [0.15, 0.2) is 82.6 Å². The molecular weight excluding hydrogens is 362 g/mol. The summed E-state index contributed by atoms with van der Waals surface area (Å²) in [7, 11) is 1.75. The number of methoxy groups -OCH3 is 1. The summed E-state index contributed by atoms with van der Waals surface area (Å²) in [5.41, 5.74) is 6.03. The molecule has 0 aromatic heterocycles. The second kappa shape index (κ2) is 6.61. The molecule has 5 rings (SSSR count). The van der Waals surface area contributed by atoms with Gasteiger partial charge in [0, 0.05) is 15.2 Å². The number of fused-ring (bicyclic) bond motifs is 3. The summed E-state index contributed by atoms with van der Waals surface area (Å²) in [4.78, 5) is 4.91. The van der Waals surface area contributed by atoms with E-state index in [0.717, 1.165) is 11.4 Å². The van der Waals surface area contributed by atoms with Gasteiger partial charge in [-0.3, -0.25) is 0 Å². The Morgan fingerprint density at radius 3 is 2.04 bits per heavy atom. The molecule has 0 aliphatic carbocycles. The van der Waals surface area contributed by atoms with E-state index in [9.17, 15) is 0 Å². The number of hydrogen-bond acceptors (Lipinski definition) is 3. The van der Waals surface area contributed by atoms with Crippen molar-refractivity contribution in [2.24, 2.45) is 0 Å². The summed E-state index contributed by atoms with van der Waals surface area (Å²) in [6.45, 7) is 4.30. The third-order valence-corrected chi connectivity index (χ3v) is 6.33. The highest BCUT2D eigenvalue weighted by molar-refractivity contribution is 7.99. The van der Waals surface area contributed by atoms with Crippen LogP contribution in [-0.4, -0.2) is 7.11 Å². The molecule has 0 N–H and O–H groups in total. The average molecular weight is 384 g/mol. The average Bonchev–Trinajstić information content (AvgIpc) is 2.71. The number of nitrogens with zero attached hydrogens (tertiary/aromatic N) is 1. The molecule has 4 aromatic carbocycles. The predicted octanol–water partition coefficient (Wildman–Crippen LogP) is 7.40. The van der Waals surface area contributed by atoms with Crippen LogP contribution in [-0.2, 0) is 0 Å². The minimum atomic E-state index is 0.878. The Morgan fingerprint density at radius 2 is 1.39 bits per heavy atom. The molecule has 0 bridgehead atoms.